The minimum absolute atomic E-state index is 0.239. The summed E-state index contributed by atoms with van der Waals surface area (Å²) in [6, 6.07) is 7.46. The second-order valence-corrected chi connectivity index (χ2v) is 5.96. The number of hydrogen-bond donors (Lipinski definition) is 1. The molecule has 1 aromatic carbocycles. The molecule has 1 aromatic heterocycles. The first-order chi connectivity index (χ1) is 9.19. The van der Waals surface area contributed by atoms with Gasteiger partial charge in [-0.25, -0.2) is 10.5 Å². The van der Waals surface area contributed by atoms with Gasteiger partial charge in [0.25, 0.3) is 5.91 Å². The molecule has 6 heteroatoms. The maximum absolute atomic E-state index is 11.5. The first-order valence-electron chi connectivity index (χ1n) is 5.66. The van der Waals surface area contributed by atoms with Crippen LogP contribution >= 0.6 is 23.1 Å². The van der Waals surface area contributed by atoms with E-state index in [1.54, 1.807) is 35.2 Å². The van der Waals surface area contributed by atoms with E-state index in [-0.39, 0.29) is 5.91 Å². The highest BCUT2D eigenvalue weighted by Gasteiger charge is 2.05. The first-order valence-corrected chi connectivity index (χ1v) is 7.53. The summed E-state index contributed by atoms with van der Waals surface area (Å²) in [4.78, 5) is 20.5. The highest BCUT2D eigenvalue weighted by atomic mass is 32.2. The third-order valence-corrected chi connectivity index (χ3v) is 4.58. The molecular weight excluding hydrogens is 280 g/mol. The van der Waals surface area contributed by atoms with Crippen molar-refractivity contribution in [3.05, 3.63) is 46.5 Å². The Morgan fingerprint density at radius 2 is 2.16 bits per heavy atom. The van der Waals surface area contributed by atoms with Crippen LogP contribution in [-0.4, -0.2) is 18.0 Å². The Kier molecular flexibility index (Phi) is 4.95. The van der Waals surface area contributed by atoms with Crippen molar-refractivity contribution in [2.75, 3.05) is 7.11 Å². The monoisotopic (exact) mass is 294 g/mol. The van der Waals surface area contributed by atoms with E-state index in [1.165, 1.54) is 7.11 Å². The predicted octanol–water partition coefficient (Wildman–Crippen LogP) is 3.04. The average molecular weight is 294 g/mol. The Bertz CT molecular complexity index is 552. The van der Waals surface area contributed by atoms with Gasteiger partial charge in [0.05, 0.1) is 7.11 Å². The van der Waals surface area contributed by atoms with E-state index in [0.29, 0.717) is 5.56 Å². The van der Waals surface area contributed by atoms with Crippen molar-refractivity contribution in [2.24, 2.45) is 0 Å². The highest BCUT2D eigenvalue weighted by molar-refractivity contribution is 8.00. The fourth-order valence-corrected chi connectivity index (χ4v) is 3.25. The molecule has 0 aliphatic rings. The van der Waals surface area contributed by atoms with E-state index in [2.05, 4.69) is 15.3 Å². The quantitative estimate of drug-likeness (QED) is 0.680. The number of nitrogens with zero attached hydrogens (tertiary/aromatic N) is 1. The summed E-state index contributed by atoms with van der Waals surface area (Å²) in [7, 11) is 1.42. The zero-order valence-electron chi connectivity index (χ0n) is 10.7. The average Bonchev–Trinajstić information content (AvgIpc) is 2.83. The number of thioether (sulfide) groups is 1. The van der Waals surface area contributed by atoms with Gasteiger partial charge in [0.1, 0.15) is 4.34 Å². The van der Waals surface area contributed by atoms with Crippen LogP contribution in [0.3, 0.4) is 0 Å². The first kappa shape index (κ1) is 14.0. The number of nitrogens with one attached hydrogen (secondary N) is 1. The van der Waals surface area contributed by atoms with E-state index in [4.69, 9.17) is 0 Å². The Balaban J connectivity index is 1.93. The summed E-state index contributed by atoms with van der Waals surface area (Å²) in [5.74, 6) is 0.608. The van der Waals surface area contributed by atoms with Crippen LogP contribution in [0.25, 0.3) is 0 Å². The minimum atomic E-state index is -0.239. The van der Waals surface area contributed by atoms with Gasteiger partial charge in [-0.1, -0.05) is 23.9 Å². The molecule has 1 amide bonds. The number of benzene rings is 1. The van der Waals surface area contributed by atoms with Crippen molar-refractivity contribution >= 4 is 29.0 Å². The molecule has 2 aromatic rings. The van der Waals surface area contributed by atoms with Crippen molar-refractivity contribution in [2.45, 2.75) is 17.0 Å². The van der Waals surface area contributed by atoms with Crippen LogP contribution in [0.4, 0.5) is 0 Å². The molecule has 19 heavy (non-hydrogen) atoms. The number of carbonyl (C=O) groups excluding carboxylic acids is 1. The number of aryl methyl sites for hydroxylation is 1. The molecule has 2 rings (SSSR count). The van der Waals surface area contributed by atoms with Crippen LogP contribution in [0, 0.1) is 6.92 Å². The van der Waals surface area contributed by atoms with Crippen LogP contribution in [0.15, 0.2) is 34.0 Å². The maximum atomic E-state index is 11.5. The fraction of sp³-hybridized carbons (Fsp3) is 0.231. The van der Waals surface area contributed by atoms with Gasteiger partial charge >= 0.3 is 0 Å². The Morgan fingerprint density at radius 3 is 2.74 bits per heavy atom. The van der Waals surface area contributed by atoms with Crippen LogP contribution in [0.5, 0.6) is 0 Å². The lowest BCUT2D eigenvalue weighted by atomic mass is 10.1. The summed E-state index contributed by atoms with van der Waals surface area (Å²) >= 11 is 3.36. The van der Waals surface area contributed by atoms with E-state index >= 15 is 0 Å². The van der Waals surface area contributed by atoms with E-state index in [9.17, 15) is 4.79 Å². The molecule has 4 nitrogen and oxygen atoms in total. The standard InChI is InChI=1S/C13H14N2O2S2/c1-9-7-18-13(14-9)19-8-10-3-5-11(6-4-10)12(16)15-17-2/h3-7H,8H2,1-2H3,(H,15,16). The smallest absolute Gasteiger partial charge is 0.274 e. The number of hydroxylamine groups is 1. The van der Waals surface area contributed by atoms with E-state index < -0.39 is 0 Å². The molecular formula is C13H14N2O2S2. The third kappa shape index (κ3) is 4.05. The van der Waals surface area contributed by atoms with Gasteiger partial charge in [-0.2, -0.15) is 0 Å². The van der Waals surface area contributed by atoms with Crippen molar-refractivity contribution in [1.82, 2.24) is 10.5 Å². The predicted molar refractivity (Wildman–Crippen MR) is 77.3 cm³/mol. The lowest BCUT2D eigenvalue weighted by molar-refractivity contribution is 0.0537. The van der Waals surface area contributed by atoms with Gasteiger partial charge in [-0.05, 0) is 24.6 Å². The summed E-state index contributed by atoms with van der Waals surface area (Å²) in [6.07, 6.45) is 0. The molecule has 100 valence electrons. The molecule has 0 bridgehead atoms. The second kappa shape index (κ2) is 6.70. The number of aromatic nitrogens is 1. The van der Waals surface area contributed by atoms with Gasteiger partial charge in [0, 0.05) is 22.4 Å². The lowest BCUT2D eigenvalue weighted by Gasteiger charge is -2.03. The van der Waals surface area contributed by atoms with Crippen molar-refractivity contribution in [3.8, 4) is 0 Å². The molecule has 0 fully saturated rings. The lowest BCUT2D eigenvalue weighted by Crippen LogP contribution is -2.21. The molecule has 0 radical (unpaired) electrons. The van der Waals surface area contributed by atoms with Crippen LogP contribution in [0.2, 0.25) is 0 Å². The Hall–Kier alpha value is -1.37. The van der Waals surface area contributed by atoms with Crippen molar-refractivity contribution in [3.63, 3.8) is 0 Å². The van der Waals surface area contributed by atoms with Crippen LogP contribution in [0.1, 0.15) is 21.6 Å². The molecule has 0 aliphatic carbocycles. The van der Waals surface area contributed by atoms with Gasteiger partial charge in [-0.15, -0.1) is 11.3 Å². The number of hydrogen-bond acceptors (Lipinski definition) is 5. The topological polar surface area (TPSA) is 51.2 Å². The number of carbonyl (C=O) groups is 1. The second-order valence-electron chi connectivity index (χ2n) is 3.88. The summed E-state index contributed by atoms with van der Waals surface area (Å²) in [5, 5.41) is 2.04. The molecule has 0 atom stereocenters. The number of amides is 1. The van der Waals surface area contributed by atoms with Gasteiger partial charge in [0.2, 0.25) is 0 Å². The minimum Gasteiger partial charge on any atom is -0.277 e. The highest BCUT2D eigenvalue weighted by Crippen LogP contribution is 2.25. The van der Waals surface area contributed by atoms with Crippen molar-refractivity contribution in [1.29, 1.82) is 0 Å². The Morgan fingerprint density at radius 1 is 1.42 bits per heavy atom. The number of rotatable bonds is 5. The summed E-state index contributed by atoms with van der Waals surface area (Å²) in [6.45, 7) is 1.99. The van der Waals surface area contributed by atoms with Gasteiger partial charge in [-0.3, -0.25) is 9.63 Å². The molecule has 0 aliphatic heterocycles. The Labute approximate surface area is 120 Å². The molecule has 1 heterocycles. The van der Waals surface area contributed by atoms with Gasteiger partial charge in [0.15, 0.2) is 0 Å². The van der Waals surface area contributed by atoms with Crippen LogP contribution < -0.4 is 5.48 Å². The normalized spacial score (nSPS) is 10.4. The summed E-state index contributed by atoms with van der Waals surface area (Å²) in [5.41, 5.74) is 5.09. The SMILES string of the molecule is CONC(=O)c1ccc(CSc2nc(C)cs2)cc1. The molecule has 0 saturated carbocycles. The molecule has 0 spiro atoms. The van der Waals surface area contributed by atoms with Gasteiger partial charge < -0.3 is 0 Å². The largest absolute Gasteiger partial charge is 0.277 e. The van der Waals surface area contributed by atoms with E-state index in [0.717, 1.165) is 21.3 Å². The maximum Gasteiger partial charge on any atom is 0.274 e. The molecule has 0 saturated heterocycles. The molecule has 0 unspecified atom stereocenters. The molecule has 1 N–H and O–H groups in total. The van der Waals surface area contributed by atoms with Crippen molar-refractivity contribution < 1.29 is 9.63 Å². The third-order valence-electron chi connectivity index (χ3n) is 2.37. The number of thiazole rings is 1. The summed E-state index contributed by atoms with van der Waals surface area (Å²) < 4.78 is 1.07. The van der Waals surface area contributed by atoms with Crippen LogP contribution in [-0.2, 0) is 10.6 Å². The zero-order chi connectivity index (χ0) is 13.7. The fourth-order valence-electron chi connectivity index (χ4n) is 1.45. The van der Waals surface area contributed by atoms with E-state index in [1.807, 2.05) is 24.4 Å². The zero-order valence-corrected chi connectivity index (χ0v) is 12.3.